The van der Waals surface area contributed by atoms with E-state index in [-0.39, 0.29) is 16.6 Å². The number of carboxylic acids is 1. The van der Waals surface area contributed by atoms with Gasteiger partial charge in [0.1, 0.15) is 11.7 Å². The molecule has 0 aliphatic heterocycles. The number of amides is 1. The number of pyridine rings is 1. The van der Waals surface area contributed by atoms with Gasteiger partial charge in [0.25, 0.3) is 5.91 Å². The van der Waals surface area contributed by atoms with Crippen LogP contribution in [0.2, 0.25) is 5.15 Å². The van der Waals surface area contributed by atoms with E-state index in [0.717, 1.165) is 21.3 Å². The standard InChI is InChI=1S/C21H16ClN3O4S/c22-20-16-13-8-12(23-9-11-4-2-1-3-5-11)6-7-14(13)30-19(16)18(28)17(25-20)21(29)24-10-15(26)27/h1-8,23,28H,9-10H2,(H,24,29)(H,26,27). The molecule has 4 N–H and O–H groups in total. The zero-order valence-corrected chi connectivity index (χ0v) is 17.0. The monoisotopic (exact) mass is 441 g/mol. The lowest BCUT2D eigenvalue weighted by atomic mass is 10.1. The van der Waals surface area contributed by atoms with Crippen LogP contribution in [0.3, 0.4) is 0 Å². The van der Waals surface area contributed by atoms with Crippen molar-refractivity contribution in [2.24, 2.45) is 0 Å². The summed E-state index contributed by atoms with van der Waals surface area (Å²) in [7, 11) is 0. The molecule has 0 fully saturated rings. The fourth-order valence-corrected chi connectivity index (χ4v) is 4.56. The highest BCUT2D eigenvalue weighted by Crippen LogP contribution is 2.43. The van der Waals surface area contributed by atoms with Crippen molar-refractivity contribution in [2.45, 2.75) is 6.54 Å². The van der Waals surface area contributed by atoms with E-state index in [1.54, 1.807) is 0 Å². The molecule has 152 valence electrons. The van der Waals surface area contributed by atoms with E-state index in [0.29, 0.717) is 16.6 Å². The maximum absolute atomic E-state index is 12.2. The first-order valence-corrected chi connectivity index (χ1v) is 10.2. The van der Waals surface area contributed by atoms with Crippen molar-refractivity contribution in [2.75, 3.05) is 11.9 Å². The summed E-state index contributed by atoms with van der Waals surface area (Å²) in [6, 6.07) is 15.7. The highest BCUT2D eigenvalue weighted by molar-refractivity contribution is 7.26. The number of hydrogen-bond donors (Lipinski definition) is 4. The molecule has 2 aromatic carbocycles. The molecular formula is C21H16ClN3O4S. The van der Waals surface area contributed by atoms with E-state index in [1.807, 2.05) is 48.5 Å². The second kappa shape index (κ2) is 8.17. The van der Waals surface area contributed by atoms with Crippen LogP contribution in [0.5, 0.6) is 5.75 Å². The summed E-state index contributed by atoms with van der Waals surface area (Å²) in [5, 5.41) is 26.3. The molecule has 0 bridgehead atoms. The van der Waals surface area contributed by atoms with Crippen LogP contribution in [-0.4, -0.2) is 33.6 Å². The lowest BCUT2D eigenvalue weighted by molar-refractivity contribution is -0.135. The molecule has 2 heterocycles. The van der Waals surface area contributed by atoms with Crippen LogP contribution in [0.4, 0.5) is 5.69 Å². The van der Waals surface area contributed by atoms with Crippen LogP contribution in [0, 0.1) is 0 Å². The van der Waals surface area contributed by atoms with Crippen LogP contribution >= 0.6 is 22.9 Å². The van der Waals surface area contributed by atoms with E-state index >= 15 is 0 Å². The SMILES string of the molecule is O=C(O)CNC(=O)c1nc(Cl)c2c(sc3ccc(NCc4ccccc4)cc32)c1O. The van der Waals surface area contributed by atoms with Gasteiger partial charge >= 0.3 is 5.97 Å². The summed E-state index contributed by atoms with van der Waals surface area (Å²) < 4.78 is 1.29. The number of rotatable bonds is 6. The summed E-state index contributed by atoms with van der Waals surface area (Å²) >= 11 is 7.64. The van der Waals surface area contributed by atoms with Crippen LogP contribution in [0.15, 0.2) is 48.5 Å². The lowest BCUT2D eigenvalue weighted by Crippen LogP contribution is -2.30. The Morgan fingerprint density at radius 2 is 1.90 bits per heavy atom. The van der Waals surface area contributed by atoms with Gasteiger partial charge in [0.05, 0.1) is 4.70 Å². The molecule has 0 saturated carbocycles. The van der Waals surface area contributed by atoms with Crippen LogP contribution < -0.4 is 10.6 Å². The Labute approximate surface area is 179 Å². The van der Waals surface area contributed by atoms with Crippen molar-refractivity contribution >= 4 is 60.7 Å². The quantitative estimate of drug-likeness (QED) is 0.333. The van der Waals surface area contributed by atoms with Gasteiger partial charge in [0.2, 0.25) is 0 Å². The Balaban J connectivity index is 1.70. The zero-order chi connectivity index (χ0) is 21.3. The first-order valence-electron chi connectivity index (χ1n) is 8.96. The number of thiophene rings is 1. The number of aromatic nitrogens is 1. The number of hydrogen-bond acceptors (Lipinski definition) is 6. The average Bonchev–Trinajstić information content (AvgIpc) is 3.13. The maximum atomic E-state index is 12.2. The molecule has 0 saturated heterocycles. The summed E-state index contributed by atoms with van der Waals surface area (Å²) in [5.41, 5.74) is 1.72. The maximum Gasteiger partial charge on any atom is 0.322 e. The molecule has 0 unspecified atom stereocenters. The summed E-state index contributed by atoms with van der Waals surface area (Å²) in [6.07, 6.45) is 0. The van der Waals surface area contributed by atoms with Gasteiger partial charge in [-0.05, 0) is 23.8 Å². The minimum absolute atomic E-state index is 0.0646. The molecule has 0 spiro atoms. The molecule has 30 heavy (non-hydrogen) atoms. The van der Waals surface area contributed by atoms with Crippen LogP contribution in [0.1, 0.15) is 16.1 Å². The van der Waals surface area contributed by atoms with Crippen molar-refractivity contribution in [3.05, 3.63) is 64.9 Å². The fourth-order valence-electron chi connectivity index (χ4n) is 3.09. The van der Waals surface area contributed by atoms with Crippen molar-refractivity contribution < 1.29 is 19.8 Å². The predicted octanol–water partition coefficient (Wildman–Crippen LogP) is 4.24. The molecule has 0 atom stereocenters. The number of benzene rings is 2. The van der Waals surface area contributed by atoms with Gasteiger partial charge in [-0.1, -0.05) is 41.9 Å². The van der Waals surface area contributed by atoms with Crippen molar-refractivity contribution in [1.82, 2.24) is 10.3 Å². The van der Waals surface area contributed by atoms with Crippen LogP contribution in [-0.2, 0) is 11.3 Å². The van der Waals surface area contributed by atoms with Crippen molar-refractivity contribution in [3.63, 3.8) is 0 Å². The number of aromatic hydroxyl groups is 1. The third-order valence-corrected chi connectivity index (χ3v) is 5.95. The van der Waals surface area contributed by atoms with E-state index in [2.05, 4.69) is 15.6 Å². The van der Waals surface area contributed by atoms with E-state index in [9.17, 15) is 14.7 Å². The first kappa shape index (κ1) is 19.9. The number of carboxylic acid groups (broad SMARTS) is 1. The fraction of sp³-hybridized carbons (Fsp3) is 0.0952. The molecule has 2 aromatic heterocycles. The Morgan fingerprint density at radius 3 is 2.63 bits per heavy atom. The topological polar surface area (TPSA) is 112 Å². The average molecular weight is 442 g/mol. The molecular weight excluding hydrogens is 426 g/mol. The second-order valence-corrected chi connectivity index (χ2v) is 7.94. The summed E-state index contributed by atoms with van der Waals surface area (Å²) in [4.78, 5) is 26.9. The Hall–Kier alpha value is -3.36. The van der Waals surface area contributed by atoms with E-state index < -0.39 is 18.4 Å². The minimum Gasteiger partial charge on any atom is -0.504 e. The number of aliphatic carboxylic acids is 1. The summed E-state index contributed by atoms with van der Waals surface area (Å²) in [6.45, 7) is 0.0675. The van der Waals surface area contributed by atoms with Gasteiger partial charge in [-0.3, -0.25) is 9.59 Å². The van der Waals surface area contributed by atoms with E-state index in [1.165, 1.54) is 11.3 Å². The molecule has 4 rings (SSSR count). The number of carbonyl (C=O) groups is 2. The number of nitrogens with zero attached hydrogens (tertiary/aromatic N) is 1. The third-order valence-electron chi connectivity index (χ3n) is 4.50. The molecule has 0 aliphatic carbocycles. The number of nitrogens with one attached hydrogen (secondary N) is 2. The Bertz CT molecular complexity index is 1270. The number of carbonyl (C=O) groups excluding carboxylic acids is 1. The van der Waals surface area contributed by atoms with Gasteiger partial charge < -0.3 is 20.8 Å². The van der Waals surface area contributed by atoms with Crippen LogP contribution in [0.25, 0.3) is 20.2 Å². The first-order chi connectivity index (χ1) is 14.4. The molecule has 7 nitrogen and oxygen atoms in total. The van der Waals surface area contributed by atoms with E-state index in [4.69, 9.17) is 16.7 Å². The van der Waals surface area contributed by atoms with Gasteiger partial charge in [0, 0.05) is 27.7 Å². The zero-order valence-electron chi connectivity index (χ0n) is 15.5. The van der Waals surface area contributed by atoms with Gasteiger partial charge in [-0.15, -0.1) is 11.3 Å². The lowest BCUT2D eigenvalue weighted by Gasteiger charge is -2.08. The van der Waals surface area contributed by atoms with Crippen molar-refractivity contribution in [3.8, 4) is 5.75 Å². The largest absolute Gasteiger partial charge is 0.504 e. The number of halogens is 1. The number of fused-ring (bicyclic) bond motifs is 3. The smallest absolute Gasteiger partial charge is 0.322 e. The second-order valence-electron chi connectivity index (χ2n) is 6.53. The van der Waals surface area contributed by atoms with Gasteiger partial charge in [0.15, 0.2) is 11.4 Å². The predicted molar refractivity (Wildman–Crippen MR) is 118 cm³/mol. The Morgan fingerprint density at radius 1 is 1.13 bits per heavy atom. The minimum atomic E-state index is -1.20. The van der Waals surface area contributed by atoms with Crippen molar-refractivity contribution in [1.29, 1.82) is 0 Å². The van der Waals surface area contributed by atoms with Gasteiger partial charge in [-0.25, -0.2) is 4.98 Å². The molecule has 0 radical (unpaired) electrons. The van der Waals surface area contributed by atoms with Gasteiger partial charge in [-0.2, -0.15) is 0 Å². The summed E-state index contributed by atoms with van der Waals surface area (Å²) in [5.74, 6) is -2.33. The highest BCUT2D eigenvalue weighted by atomic mass is 35.5. The molecule has 0 aliphatic rings. The molecule has 1 amide bonds. The molecule has 9 heteroatoms. The Kier molecular flexibility index (Phi) is 5.43. The number of anilines is 1. The highest BCUT2D eigenvalue weighted by Gasteiger charge is 2.22. The molecule has 4 aromatic rings. The normalized spacial score (nSPS) is 11.0. The third kappa shape index (κ3) is 3.87.